The Morgan fingerprint density at radius 2 is 1.94 bits per heavy atom. The fraction of sp³-hybridized carbons (Fsp3) is 0.400. The second kappa shape index (κ2) is 6.94. The zero-order valence-corrected chi connectivity index (χ0v) is 11.0. The van der Waals surface area contributed by atoms with Crippen molar-refractivity contribution in [3.05, 3.63) is 41.7 Å². The van der Waals surface area contributed by atoms with Gasteiger partial charge in [0.15, 0.2) is 0 Å². The van der Waals surface area contributed by atoms with Crippen molar-refractivity contribution in [2.75, 3.05) is 0 Å². The van der Waals surface area contributed by atoms with Crippen LogP contribution in [-0.2, 0) is 9.53 Å². The highest BCUT2D eigenvalue weighted by Crippen LogP contribution is 2.14. The Morgan fingerprint density at radius 3 is 2.50 bits per heavy atom. The summed E-state index contributed by atoms with van der Waals surface area (Å²) in [4.78, 5) is 10.8. The van der Waals surface area contributed by atoms with Crippen molar-refractivity contribution in [2.24, 2.45) is 5.92 Å². The van der Waals surface area contributed by atoms with Gasteiger partial charge in [-0.05, 0) is 37.0 Å². The van der Waals surface area contributed by atoms with Gasteiger partial charge in [-0.2, -0.15) is 0 Å². The first-order valence-electron chi connectivity index (χ1n) is 6.08. The summed E-state index contributed by atoms with van der Waals surface area (Å²) in [5.41, 5.74) is 0.962. The van der Waals surface area contributed by atoms with Gasteiger partial charge in [0.2, 0.25) is 0 Å². The van der Waals surface area contributed by atoms with Crippen LogP contribution in [0.1, 0.15) is 32.8 Å². The maximum atomic E-state index is 12.7. The number of esters is 1. The number of carbonyl (C=O) groups is 1. The number of halogens is 1. The molecule has 0 spiro atoms. The molecule has 0 aliphatic carbocycles. The molecule has 2 nitrogen and oxygen atoms in total. The lowest BCUT2D eigenvalue weighted by Crippen LogP contribution is -2.20. The zero-order valence-electron chi connectivity index (χ0n) is 11.0. The summed E-state index contributed by atoms with van der Waals surface area (Å²) >= 11 is 0. The van der Waals surface area contributed by atoms with Gasteiger partial charge < -0.3 is 4.74 Å². The second-order valence-electron chi connectivity index (χ2n) is 4.48. The standard InChI is InChI=1S/C15H19FO2/c1-11(12(2)18-13(3)17)5-4-6-14-7-9-15(16)10-8-14/h4,6-12H,5H2,1-3H3. The average Bonchev–Trinajstić information content (AvgIpc) is 2.30. The first kappa shape index (κ1) is 14.4. The summed E-state index contributed by atoms with van der Waals surface area (Å²) in [6.07, 6.45) is 4.67. The van der Waals surface area contributed by atoms with Crippen molar-refractivity contribution in [3.8, 4) is 0 Å². The zero-order chi connectivity index (χ0) is 13.5. The smallest absolute Gasteiger partial charge is 0.302 e. The van der Waals surface area contributed by atoms with Crippen LogP contribution in [-0.4, -0.2) is 12.1 Å². The third-order valence-corrected chi connectivity index (χ3v) is 2.84. The lowest BCUT2D eigenvalue weighted by Gasteiger charge is -2.17. The van der Waals surface area contributed by atoms with Crippen molar-refractivity contribution in [3.63, 3.8) is 0 Å². The topological polar surface area (TPSA) is 26.3 Å². The van der Waals surface area contributed by atoms with Crippen molar-refractivity contribution in [1.29, 1.82) is 0 Å². The van der Waals surface area contributed by atoms with E-state index in [1.165, 1.54) is 19.1 Å². The van der Waals surface area contributed by atoms with Gasteiger partial charge in [0.1, 0.15) is 11.9 Å². The lowest BCUT2D eigenvalue weighted by atomic mass is 10.0. The van der Waals surface area contributed by atoms with E-state index in [1.807, 2.05) is 26.0 Å². The van der Waals surface area contributed by atoms with E-state index in [0.29, 0.717) is 0 Å². The van der Waals surface area contributed by atoms with E-state index >= 15 is 0 Å². The van der Waals surface area contributed by atoms with Crippen LogP contribution in [0, 0.1) is 11.7 Å². The molecule has 0 aliphatic heterocycles. The third-order valence-electron chi connectivity index (χ3n) is 2.84. The molecule has 0 heterocycles. The molecule has 18 heavy (non-hydrogen) atoms. The molecule has 0 radical (unpaired) electrons. The molecule has 0 bridgehead atoms. The SMILES string of the molecule is CC(=O)OC(C)C(C)CC=Cc1ccc(F)cc1. The van der Waals surface area contributed by atoms with E-state index in [0.717, 1.165) is 12.0 Å². The molecule has 1 aromatic rings. The highest BCUT2D eigenvalue weighted by Gasteiger charge is 2.13. The highest BCUT2D eigenvalue weighted by molar-refractivity contribution is 5.66. The van der Waals surface area contributed by atoms with Crippen LogP contribution >= 0.6 is 0 Å². The Balaban J connectivity index is 2.44. The van der Waals surface area contributed by atoms with E-state index < -0.39 is 0 Å². The summed E-state index contributed by atoms with van der Waals surface area (Å²) in [6, 6.07) is 6.33. The monoisotopic (exact) mass is 250 g/mol. The molecule has 0 fully saturated rings. The summed E-state index contributed by atoms with van der Waals surface area (Å²) in [5, 5.41) is 0. The number of allylic oxidation sites excluding steroid dienone is 1. The molecule has 1 aromatic carbocycles. The van der Waals surface area contributed by atoms with Crippen LogP contribution in [0.4, 0.5) is 4.39 Å². The van der Waals surface area contributed by atoms with Gasteiger partial charge in [-0.25, -0.2) is 4.39 Å². The minimum absolute atomic E-state index is 0.0969. The van der Waals surface area contributed by atoms with Crippen molar-refractivity contribution >= 4 is 12.0 Å². The highest BCUT2D eigenvalue weighted by atomic mass is 19.1. The lowest BCUT2D eigenvalue weighted by molar-refractivity contribution is -0.147. The van der Waals surface area contributed by atoms with Gasteiger partial charge in [0.25, 0.3) is 0 Å². The van der Waals surface area contributed by atoms with Gasteiger partial charge in [0, 0.05) is 6.92 Å². The van der Waals surface area contributed by atoms with Crippen LogP contribution < -0.4 is 0 Å². The van der Waals surface area contributed by atoms with Crippen LogP contribution in [0.25, 0.3) is 6.08 Å². The Kier molecular flexibility index (Phi) is 5.56. The normalized spacial score (nSPS) is 14.4. The fourth-order valence-corrected chi connectivity index (χ4v) is 1.56. The maximum Gasteiger partial charge on any atom is 0.302 e. The van der Waals surface area contributed by atoms with E-state index in [9.17, 15) is 9.18 Å². The minimum Gasteiger partial charge on any atom is -0.463 e. The molecule has 98 valence electrons. The number of benzene rings is 1. The Bertz CT molecular complexity index is 409. The van der Waals surface area contributed by atoms with Gasteiger partial charge in [-0.1, -0.05) is 31.2 Å². The number of hydrogen-bond acceptors (Lipinski definition) is 2. The summed E-state index contributed by atoms with van der Waals surface area (Å²) in [7, 11) is 0. The van der Waals surface area contributed by atoms with Crippen molar-refractivity contribution in [1.82, 2.24) is 0 Å². The maximum absolute atomic E-state index is 12.7. The predicted molar refractivity (Wildman–Crippen MR) is 70.4 cm³/mol. The van der Waals surface area contributed by atoms with Gasteiger partial charge >= 0.3 is 5.97 Å². The minimum atomic E-state index is -0.253. The van der Waals surface area contributed by atoms with E-state index in [1.54, 1.807) is 12.1 Å². The van der Waals surface area contributed by atoms with Crippen LogP contribution in [0.15, 0.2) is 30.3 Å². The van der Waals surface area contributed by atoms with Crippen LogP contribution in [0.3, 0.4) is 0 Å². The first-order valence-corrected chi connectivity index (χ1v) is 6.08. The molecular formula is C15H19FO2. The first-order chi connectivity index (χ1) is 8.49. The molecule has 0 N–H and O–H groups in total. The van der Waals surface area contributed by atoms with E-state index in [-0.39, 0.29) is 23.8 Å². The number of carbonyl (C=O) groups excluding carboxylic acids is 1. The van der Waals surface area contributed by atoms with Crippen molar-refractivity contribution in [2.45, 2.75) is 33.3 Å². The molecular weight excluding hydrogens is 231 g/mol. The average molecular weight is 250 g/mol. The summed E-state index contributed by atoms with van der Waals surface area (Å²) in [6.45, 7) is 5.33. The molecule has 0 amide bonds. The van der Waals surface area contributed by atoms with Crippen molar-refractivity contribution < 1.29 is 13.9 Å². The molecule has 2 atom stereocenters. The summed E-state index contributed by atoms with van der Waals surface area (Å²) in [5.74, 6) is -0.230. The molecule has 0 aliphatic rings. The fourth-order valence-electron chi connectivity index (χ4n) is 1.56. The molecule has 1 rings (SSSR count). The predicted octanol–water partition coefficient (Wildman–Crippen LogP) is 3.82. The molecule has 0 saturated heterocycles. The van der Waals surface area contributed by atoms with Crippen LogP contribution in [0.2, 0.25) is 0 Å². The van der Waals surface area contributed by atoms with Gasteiger partial charge in [0.05, 0.1) is 0 Å². The molecule has 0 aromatic heterocycles. The Morgan fingerprint density at radius 1 is 1.33 bits per heavy atom. The molecule has 3 heteroatoms. The van der Waals surface area contributed by atoms with Crippen LogP contribution in [0.5, 0.6) is 0 Å². The molecule has 2 unspecified atom stereocenters. The number of ether oxygens (including phenoxy) is 1. The quantitative estimate of drug-likeness (QED) is 0.743. The Hall–Kier alpha value is -1.64. The van der Waals surface area contributed by atoms with E-state index in [4.69, 9.17) is 4.74 Å². The largest absolute Gasteiger partial charge is 0.463 e. The molecule has 0 saturated carbocycles. The van der Waals surface area contributed by atoms with Gasteiger partial charge in [-0.3, -0.25) is 4.79 Å². The number of rotatable bonds is 5. The van der Waals surface area contributed by atoms with E-state index in [2.05, 4.69) is 0 Å². The Labute approximate surface area is 107 Å². The third kappa shape index (κ3) is 5.13. The number of hydrogen-bond donors (Lipinski definition) is 0. The summed E-state index contributed by atoms with van der Waals surface area (Å²) < 4.78 is 17.8. The second-order valence-corrected chi connectivity index (χ2v) is 4.48. The van der Waals surface area contributed by atoms with Gasteiger partial charge in [-0.15, -0.1) is 0 Å².